The first-order valence-electron chi connectivity index (χ1n) is 11.5. The molecule has 5 rings (SSSR count). The van der Waals surface area contributed by atoms with Crippen molar-refractivity contribution in [3.05, 3.63) is 48.2 Å². The average Bonchev–Trinajstić information content (AvgIpc) is 3.25. The number of rotatable bonds is 8. The Labute approximate surface area is 206 Å². The molecular weight excluding hydrogens is 468 g/mol. The standard InChI is InChI=1S/C25H26N4O5S/c1-33-23-9-7-19-24(28-23)15(10-11-26-19)2-4-17(30)5-6-18-13-29(25(32)34-18)16-3-8-21-20(12-16)27-22(31)14-35-21/h3,7-12,17-18,30H,2,4-6,13-14H2,1H3,(H,27,31)/t17-,18-/m1/s1. The second kappa shape index (κ2) is 10.1. The molecule has 2 amide bonds. The Morgan fingerprint density at radius 2 is 2.14 bits per heavy atom. The second-order valence-electron chi connectivity index (χ2n) is 8.59. The molecule has 1 fully saturated rings. The summed E-state index contributed by atoms with van der Waals surface area (Å²) in [7, 11) is 1.58. The number of aryl methyl sites for hydroxylation is 1. The van der Waals surface area contributed by atoms with Gasteiger partial charge in [0.15, 0.2) is 0 Å². The maximum absolute atomic E-state index is 12.5. The van der Waals surface area contributed by atoms with Crippen molar-refractivity contribution < 1.29 is 24.2 Å². The third kappa shape index (κ3) is 5.18. The number of aliphatic hydroxyl groups is 1. The molecule has 0 unspecified atom stereocenters. The van der Waals surface area contributed by atoms with Gasteiger partial charge in [0.1, 0.15) is 6.10 Å². The summed E-state index contributed by atoms with van der Waals surface area (Å²) >= 11 is 1.48. The number of carbonyl (C=O) groups is 2. The number of nitrogens with zero attached hydrogens (tertiary/aromatic N) is 3. The van der Waals surface area contributed by atoms with Crippen molar-refractivity contribution in [1.29, 1.82) is 0 Å². The Bertz CT molecular complexity index is 1270. The number of carbonyl (C=O) groups excluding carboxylic acids is 2. The van der Waals surface area contributed by atoms with Crippen molar-refractivity contribution in [3.63, 3.8) is 0 Å². The van der Waals surface area contributed by atoms with E-state index < -0.39 is 12.2 Å². The first-order valence-corrected chi connectivity index (χ1v) is 12.5. The van der Waals surface area contributed by atoms with Crippen LogP contribution in [0.1, 0.15) is 24.8 Å². The van der Waals surface area contributed by atoms with Crippen molar-refractivity contribution in [3.8, 4) is 5.88 Å². The van der Waals surface area contributed by atoms with Crippen LogP contribution in [-0.4, -0.2) is 58.7 Å². The predicted molar refractivity (Wildman–Crippen MR) is 133 cm³/mol. The van der Waals surface area contributed by atoms with Crippen LogP contribution in [0.15, 0.2) is 47.5 Å². The van der Waals surface area contributed by atoms with E-state index in [0.717, 1.165) is 21.5 Å². The van der Waals surface area contributed by atoms with Gasteiger partial charge in [-0.1, -0.05) is 0 Å². The van der Waals surface area contributed by atoms with Gasteiger partial charge in [0.2, 0.25) is 11.8 Å². The maximum Gasteiger partial charge on any atom is 0.414 e. The fourth-order valence-electron chi connectivity index (χ4n) is 4.34. The minimum atomic E-state index is -0.535. The largest absolute Gasteiger partial charge is 0.481 e. The lowest BCUT2D eigenvalue weighted by atomic mass is 10.0. The molecule has 182 valence electrons. The van der Waals surface area contributed by atoms with E-state index in [0.29, 0.717) is 55.2 Å². The topological polar surface area (TPSA) is 114 Å². The normalized spacial score (nSPS) is 18.2. The van der Waals surface area contributed by atoms with Crippen molar-refractivity contribution in [2.45, 2.75) is 42.8 Å². The zero-order valence-corrected chi connectivity index (χ0v) is 20.1. The van der Waals surface area contributed by atoms with Crippen LogP contribution in [0.4, 0.5) is 16.2 Å². The Kier molecular flexibility index (Phi) is 6.74. The fraction of sp³-hybridized carbons (Fsp3) is 0.360. The van der Waals surface area contributed by atoms with Gasteiger partial charge in [-0.2, -0.15) is 0 Å². The predicted octanol–water partition coefficient (Wildman–Crippen LogP) is 3.78. The van der Waals surface area contributed by atoms with Crippen LogP contribution in [0.5, 0.6) is 5.88 Å². The Morgan fingerprint density at radius 3 is 3.00 bits per heavy atom. The summed E-state index contributed by atoms with van der Waals surface area (Å²) in [5, 5.41) is 13.4. The van der Waals surface area contributed by atoms with Gasteiger partial charge in [-0.15, -0.1) is 11.8 Å². The highest BCUT2D eigenvalue weighted by molar-refractivity contribution is 8.00. The van der Waals surface area contributed by atoms with E-state index in [4.69, 9.17) is 9.47 Å². The maximum atomic E-state index is 12.5. The number of aromatic nitrogens is 2. The molecule has 3 aromatic rings. The van der Waals surface area contributed by atoms with Gasteiger partial charge in [0, 0.05) is 22.8 Å². The molecule has 0 aliphatic carbocycles. The van der Waals surface area contributed by atoms with Gasteiger partial charge in [-0.25, -0.2) is 9.78 Å². The molecule has 1 aromatic carbocycles. The Morgan fingerprint density at radius 1 is 1.26 bits per heavy atom. The summed E-state index contributed by atoms with van der Waals surface area (Å²) in [5.74, 6) is 0.870. The van der Waals surface area contributed by atoms with E-state index in [1.165, 1.54) is 11.8 Å². The van der Waals surface area contributed by atoms with Crippen LogP contribution >= 0.6 is 11.8 Å². The number of ether oxygens (including phenoxy) is 2. The number of methoxy groups -OCH3 is 1. The van der Waals surface area contributed by atoms with E-state index in [1.807, 2.05) is 24.3 Å². The zero-order chi connectivity index (χ0) is 24.4. The van der Waals surface area contributed by atoms with Crippen LogP contribution in [0, 0.1) is 0 Å². The van der Waals surface area contributed by atoms with Gasteiger partial charge in [0.25, 0.3) is 0 Å². The van der Waals surface area contributed by atoms with Gasteiger partial charge in [-0.3, -0.25) is 14.7 Å². The average molecular weight is 495 g/mol. The van der Waals surface area contributed by atoms with Crippen LogP contribution in [-0.2, 0) is 16.0 Å². The summed E-state index contributed by atoms with van der Waals surface area (Å²) < 4.78 is 10.8. The summed E-state index contributed by atoms with van der Waals surface area (Å²) in [6.07, 6.45) is 2.78. The Hall–Kier alpha value is -3.37. The summed E-state index contributed by atoms with van der Waals surface area (Å²) in [6, 6.07) is 11.1. The molecule has 9 nitrogen and oxygen atoms in total. The minimum absolute atomic E-state index is 0.0507. The van der Waals surface area contributed by atoms with E-state index in [1.54, 1.807) is 30.3 Å². The van der Waals surface area contributed by atoms with Gasteiger partial charge >= 0.3 is 6.09 Å². The van der Waals surface area contributed by atoms with Crippen molar-refractivity contribution in [2.75, 3.05) is 29.6 Å². The van der Waals surface area contributed by atoms with E-state index in [2.05, 4.69) is 15.3 Å². The molecule has 0 saturated carbocycles. The molecule has 0 bridgehead atoms. The highest BCUT2D eigenvalue weighted by Gasteiger charge is 2.33. The summed E-state index contributed by atoms with van der Waals surface area (Å²) in [5.41, 5.74) is 3.97. The first kappa shape index (κ1) is 23.4. The molecule has 0 radical (unpaired) electrons. The molecule has 4 heterocycles. The molecule has 10 heteroatoms. The molecular formula is C25H26N4O5S. The SMILES string of the molecule is COc1ccc2nccc(CC[C@@H](O)CC[C@@H]3CN(c4ccc5c(c4)NC(=O)CS5)C(=O)O3)c2n1. The number of cyclic esters (lactones) is 1. The van der Waals surface area contributed by atoms with Crippen LogP contribution in [0.3, 0.4) is 0 Å². The lowest BCUT2D eigenvalue weighted by molar-refractivity contribution is -0.113. The molecule has 2 aromatic heterocycles. The lowest BCUT2D eigenvalue weighted by Gasteiger charge is -2.20. The smallest absolute Gasteiger partial charge is 0.414 e. The van der Waals surface area contributed by atoms with Crippen molar-refractivity contribution >= 4 is 46.2 Å². The summed E-state index contributed by atoms with van der Waals surface area (Å²) in [6.45, 7) is 0.407. The molecule has 1 saturated heterocycles. The highest BCUT2D eigenvalue weighted by atomic mass is 32.2. The van der Waals surface area contributed by atoms with Crippen molar-refractivity contribution in [1.82, 2.24) is 9.97 Å². The summed E-state index contributed by atoms with van der Waals surface area (Å²) in [4.78, 5) is 35.6. The van der Waals surface area contributed by atoms with E-state index in [-0.39, 0.29) is 12.0 Å². The molecule has 35 heavy (non-hydrogen) atoms. The van der Waals surface area contributed by atoms with E-state index >= 15 is 0 Å². The third-order valence-corrected chi connectivity index (χ3v) is 7.28. The van der Waals surface area contributed by atoms with Gasteiger partial charge in [-0.05, 0) is 61.6 Å². The van der Waals surface area contributed by atoms with Gasteiger partial charge < -0.3 is 19.9 Å². The number of nitrogens with one attached hydrogen (secondary N) is 1. The van der Waals surface area contributed by atoms with Crippen LogP contribution < -0.4 is 15.0 Å². The number of thioether (sulfide) groups is 1. The first-order chi connectivity index (χ1) is 17.0. The zero-order valence-electron chi connectivity index (χ0n) is 19.3. The number of pyridine rings is 2. The quantitative estimate of drug-likeness (QED) is 0.486. The number of fused-ring (bicyclic) bond motifs is 2. The van der Waals surface area contributed by atoms with Crippen LogP contribution in [0.25, 0.3) is 11.0 Å². The molecule has 2 atom stereocenters. The highest BCUT2D eigenvalue weighted by Crippen LogP contribution is 2.35. The number of aliphatic hydroxyl groups excluding tert-OH is 1. The van der Waals surface area contributed by atoms with E-state index in [9.17, 15) is 14.7 Å². The van der Waals surface area contributed by atoms with Gasteiger partial charge in [0.05, 0.1) is 42.2 Å². The number of benzene rings is 1. The minimum Gasteiger partial charge on any atom is -0.481 e. The Balaban J connectivity index is 1.15. The van der Waals surface area contributed by atoms with Crippen LogP contribution in [0.2, 0.25) is 0 Å². The number of hydrogen-bond donors (Lipinski definition) is 2. The molecule has 2 aliphatic heterocycles. The molecule has 2 N–H and O–H groups in total. The third-order valence-electron chi connectivity index (χ3n) is 6.20. The number of anilines is 2. The monoisotopic (exact) mass is 494 g/mol. The molecule has 2 aliphatic rings. The number of hydrogen-bond acceptors (Lipinski definition) is 8. The molecule has 0 spiro atoms. The lowest BCUT2D eigenvalue weighted by Crippen LogP contribution is -2.25. The van der Waals surface area contributed by atoms with Crippen molar-refractivity contribution in [2.24, 2.45) is 0 Å². The number of amides is 2. The second-order valence-corrected chi connectivity index (χ2v) is 9.61. The fourth-order valence-corrected chi connectivity index (χ4v) is 5.13.